The highest BCUT2D eigenvalue weighted by atomic mass is 16.5. The van der Waals surface area contributed by atoms with Crippen molar-refractivity contribution in [3.8, 4) is 0 Å². The van der Waals surface area contributed by atoms with Crippen molar-refractivity contribution in [2.24, 2.45) is 0 Å². The molecule has 1 heterocycles. The van der Waals surface area contributed by atoms with E-state index in [-0.39, 0.29) is 5.78 Å². The van der Waals surface area contributed by atoms with Crippen molar-refractivity contribution in [2.75, 3.05) is 26.2 Å². The van der Waals surface area contributed by atoms with E-state index in [1.54, 1.807) is 0 Å². The first-order valence-corrected chi connectivity index (χ1v) is 8.07. The van der Waals surface area contributed by atoms with Crippen LogP contribution in [0.4, 0.5) is 0 Å². The molecule has 0 amide bonds. The lowest BCUT2D eigenvalue weighted by atomic mass is 10.00. The Kier molecular flexibility index (Phi) is 5.95. The highest BCUT2D eigenvalue weighted by Gasteiger charge is 2.21. The number of carbonyl (C=O) groups is 1. The van der Waals surface area contributed by atoms with Crippen molar-refractivity contribution in [1.82, 2.24) is 4.90 Å². The maximum absolute atomic E-state index is 12.3. The number of ketones is 1. The van der Waals surface area contributed by atoms with Crippen molar-refractivity contribution >= 4 is 5.78 Å². The second-order valence-corrected chi connectivity index (χ2v) is 6.13. The molecule has 0 atom stereocenters. The topological polar surface area (TPSA) is 29.5 Å². The van der Waals surface area contributed by atoms with Gasteiger partial charge in [0, 0.05) is 25.3 Å². The fourth-order valence-corrected chi connectivity index (χ4v) is 2.82. The maximum atomic E-state index is 12.3. The summed E-state index contributed by atoms with van der Waals surface area (Å²) in [7, 11) is 0. The van der Waals surface area contributed by atoms with E-state index >= 15 is 0 Å². The van der Waals surface area contributed by atoms with E-state index in [9.17, 15) is 4.79 Å². The van der Waals surface area contributed by atoms with Gasteiger partial charge < -0.3 is 4.74 Å². The molecule has 1 aromatic carbocycles. The van der Waals surface area contributed by atoms with E-state index in [1.807, 2.05) is 19.1 Å². The van der Waals surface area contributed by atoms with Crippen LogP contribution < -0.4 is 0 Å². The molecule has 0 spiro atoms. The number of nitrogens with zero attached hydrogens (tertiary/aromatic N) is 1. The van der Waals surface area contributed by atoms with Gasteiger partial charge in [0.25, 0.3) is 0 Å². The largest absolute Gasteiger partial charge is 0.378 e. The average molecular weight is 289 g/mol. The Morgan fingerprint density at radius 3 is 2.38 bits per heavy atom. The molecule has 0 bridgehead atoms. The molecule has 116 valence electrons. The Morgan fingerprint density at radius 2 is 1.86 bits per heavy atom. The summed E-state index contributed by atoms with van der Waals surface area (Å²) in [6, 6.07) is 8.06. The highest BCUT2D eigenvalue weighted by Crippen LogP contribution is 2.17. The molecule has 1 aliphatic heterocycles. The molecular formula is C18H27NO2. The van der Waals surface area contributed by atoms with Crippen LogP contribution in [0.5, 0.6) is 0 Å². The predicted molar refractivity (Wildman–Crippen MR) is 85.9 cm³/mol. The summed E-state index contributed by atoms with van der Waals surface area (Å²) in [6.45, 7) is 9.60. The minimum Gasteiger partial charge on any atom is -0.378 e. The van der Waals surface area contributed by atoms with Crippen molar-refractivity contribution in [3.05, 3.63) is 35.4 Å². The molecule has 1 saturated heterocycles. The molecule has 0 aromatic heterocycles. The predicted octanol–water partition coefficient (Wildman–Crippen LogP) is 3.49. The van der Waals surface area contributed by atoms with Crippen molar-refractivity contribution < 1.29 is 9.53 Å². The second-order valence-electron chi connectivity index (χ2n) is 6.13. The minimum absolute atomic E-state index is 0.222. The number of hydrogen-bond donors (Lipinski definition) is 0. The summed E-state index contributed by atoms with van der Waals surface area (Å²) >= 11 is 0. The molecule has 0 radical (unpaired) electrons. The van der Waals surface area contributed by atoms with Gasteiger partial charge in [0.15, 0.2) is 5.78 Å². The number of ether oxygens (including phenoxy) is 1. The summed E-state index contributed by atoms with van der Waals surface area (Å²) in [5.74, 6) is 0.729. The molecule has 0 saturated carbocycles. The third-order valence-electron chi connectivity index (χ3n) is 4.20. The van der Waals surface area contributed by atoms with Gasteiger partial charge in [-0.2, -0.15) is 0 Å². The molecule has 1 fully saturated rings. The monoisotopic (exact) mass is 289 g/mol. The molecule has 0 unspecified atom stereocenters. The van der Waals surface area contributed by atoms with Crippen molar-refractivity contribution in [1.29, 1.82) is 0 Å². The summed E-state index contributed by atoms with van der Waals surface area (Å²) in [4.78, 5) is 14.6. The first-order chi connectivity index (χ1) is 10.1. The molecule has 21 heavy (non-hydrogen) atoms. The van der Waals surface area contributed by atoms with Crippen LogP contribution in [0.1, 0.15) is 55.5 Å². The van der Waals surface area contributed by atoms with Crippen LogP contribution in [0.25, 0.3) is 0 Å². The van der Waals surface area contributed by atoms with Crippen LogP contribution in [0, 0.1) is 0 Å². The zero-order valence-corrected chi connectivity index (χ0v) is 13.5. The minimum atomic E-state index is 0.222. The lowest BCUT2D eigenvalue weighted by Gasteiger charge is -2.31. The first-order valence-electron chi connectivity index (χ1n) is 8.07. The fourth-order valence-electron chi connectivity index (χ4n) is 2.82. The van der Waals surface area contributed by atoms with Gasteiger partial charge in [-0.05, 0) is 31.2 Å². The normalized spacial score (nSPS) is 17.3. The van der Waals surface area contributed by atoms with E-state index in [2.05, 4.69) is 30.9 Å². The quantitative estimate of drug-likeness (QED) is 0.751. The Balaban J connectivity index is 1.84. The zero-order chi connectivity index (χ0) is 15.2. The van der Waals surface area contributed by atoms with Crippen LogP contribution >= 0.6 is 0 Å². The zero-order valence-electron chi connectivity index (χ0n) is 13.5. The number of likely N-dealkylation sites (tertiary alicyclic amines) is 1. The Labute approximate surface area is 128 Å². The first kappa shape index (κ1) is 16.2. The standard InChI is InChI=1S/C18H27NO2/c1-4-21-17-9-11-19(12-10-17)13-18(20)16-7-5-15(6-8-16)14(2)3/h5-8,14,17H,4,9-13H2,1-3H3. The summed E-state index contributed by atoms with van der Waals surface area (Å²) in [5.41, 5.74) is 2.11. The van der Waals surface area contributed by atoms with E-state index in [0.717, 1.165) is 38.1 Å². The van der Waals surface area contributed by atoms with E-state index in [4.69, 9.17) is 4.74 Å². The third kappa shape index (κ3) is 4.65. The van der Waals surface area contributed by atoms with Gasteiger partial charge in [-0.25, -0.2) is 0 Å². The average Bonchev–Trinajstić information content (AvgIpc) is 2.49. The summed E-state index contributed by atoms with van der Waals surface area (Å²) in [5, 5.41) is 0. The summed E-state index contributed by atoms with van der Waals surface area (Å²) in [6.07, 6.45) is 2.45. The molecular weight excluding hydrogens is 262 g/mol. The number of hydrogen-bond acceptors (Lipinski definition) is 3. The molecule has 3 nitrogen and oxygen atoms in total. The van der Waals surface area contributed by atoms with Crippen LogP contribution in [-0.4, -0.2) is 43.0 Å². The van der Waals surface area contributed by atoms with Crippen molar-refractivity contribution in [2.45, 2.75) is 45.6 Å². The number of benzene rings is 1. The Hall–Kier alpha value is -1.19. The number of rotatable bonds is 6. The van der Waals surface area contributed by atoms with E-state index in [1.165, 1.54) is 5.56 Å². The van der Waals surface area contributed by atoms with Gasteiger partial charge in [0.05, 0.1) is 12.6 Å². The van der Waals surface area contributed by atoms with Crippen LogP contribution in [-0.2, 0) is 4.74 Å². The van der Waals surface area contributed by atoms with Gasteiger partial charge in [-0.1, -0.05) is 38.1 Å². The lowest BCUT2D eigenvalue weighted by molar-refractivity contribution is 0.0147. The van der Waals surface area contributed by atoms with Crippen LogP contribution in [0.3, 0.4) is 0 Å². The summed E-state index contributed by atoms with van der Waals surface area (Å²) < 4.78 is 5.64. The molecule has 0 N–H and O–H groups in total. The van der Waals surface area contributed by atoms with E-state index in [0.29, 0.717) is 18.6 Å². The molecule has 1 aliphatic rings. The Bertz CT molecular complexity index is 445. The molecule has 1 aromatic rings. The van der Waals surface area contributed by atoms with Crippen LogP contribution in [0.2, 0.25) is 0 Å². The van der Waals surface area contributed by atoms with Gasteiger partial charge >= 0.3 is 0 Å². The van der Waals surface area contributed by atoms with E-state index < -0.39 is 0 Å². The number of Topliss-reactive ketones (excluding diaryl/α,β-unsaturated/α-hetero) is 1. The molecule has 3 heteroatoms. The van der Waals surface area contributed by atoms with Crippen LogP contribution in [0.15, 0.2) is 24.3 Å². The van der Waals surface area contributed by atoms with Gasteiger partial charge in [-0.15, -0.1) is 0 Å². The fraction of sp³-hybridized carbons (Fsp3) is 0.611. The second kappa shape index (κ2) is 7.71. The SMILES string of the molecule is CCOC1CCN(CC(=O)c2ccc(C(C)C)cc2)CC1. The van der Waals surface area contributed by atoms with Crippen molar-refractivity contribution in [3.63, 3.8) is 0 Å². The smallest absolute Gasteiger partial charge is 0.176 e. The molecule has 2 rings (SSSR count). The lowest BCUT2D eigenvalue weighted by Crippen LogP contribution is -2.39. The van der Waals surface area contributed by atoms with Gasteiger partial charge in [0.1, 0.15) is 0 Å². The van der Waals surface area contributed by atoms with Gasteiger partial charge in [-0.3, -0.25) is 9.69 Å². The molecule has 0 aliphatic carbocycles. The van der Waals surface area contributed by atoms with Gasteiger partial charge in [0.2, 0.25) is 0 Å². The Morgan fingerprint density at radius 1 is 1.24 bits per heavy atom. The maximum Gasteiger partial charge on any atom is 0.176 e. The highest BCUT2D eigenvalue weighted by molar-refractivity contribution is 5.97. The number of carbonyl (C=O) groups excluding carboxylic acids is 1. The number of piperidine rings is 1. The third-order valence-corrected chi connectivity index (χ3v) is 4.20.